The molecule has 1 heterocycles. The molecule has 0 saturated carbocycles. The minimum atomic E-state index is 0.228. The van der Waals surface area contributed by atoms with Crippen LogP contribution < -0.4 is 5.73 Å². The van der Waals surface area contributed by atoms with Crippen molar-refractivity contribution in [3.05, 3.63) is 0 Å². The van der Waals surface area contributed by atoms with E-state index in [1.165, 1.54) is 0 Å². The fourth-order valence-corrected chi connectivity index (χ4v) is 1.97. The number of hydrogen-bond donors (Lipinski definition) is 1. The molecule has 4 nitrogen and oxygen atoms in total. The Labute approximate surface area is 86.0 Å². The maximum absolute atomic E-state index is 11.6. The highest BCUT2D eigenvalue weighted by molar-refractivity contribution is 5.79. The van der Waals surface area contributed by atoms with Gasteiger partial charge < -0.3 is 10.6 Å². The molecule has 1 rings (SSSR count). The fraction of sp³-hybridized carbons (Fsp3) is 0.900. The highest BCUT2D eigenvalue weighted by Crippen LogP contribution is 2.13. The van der Waals surface area contributed by atoms with E-state index in [0.29, 0.717) is 25.2 Å². The van der Waals surface area contributed by atoms with E-state index in [2.05, 4.69) is 18.7 Å². The summed E-state index contributed by atoms with van der Waals surface area (Å²) < 4.78 is 0. The standard InChI is InChI=1S/C10H21N3O/c1-4-12-6-9(3)13(7-10(12)14)8(2)5-11/h8-9H,4-7,11H2,1-3H3. The van der Waals surface area contributed by atoms with Crippen LogP contribution in [0.1, 0.15) is 20.8 Å². The third-order valence-corrected chi connectivity index (χ3v) is 3.01. The van der Waals surface area contributed by atoms with E-state index in [4.69, 9.17) is 5.73 Å². The molecule has 1 aliphatic rings. The Morgan fingerprint density at radius 3 is 2.79 bits per heavy atom. The fourth-order valence-electron chi connectivity index (χ4n) is 1.97. The topological polar surface area (TPSA) is 49.6 Å². The zero-order valence-corrected chi connectivity index (χ0v) is 9.36. The second kappa shape index (κ2) is 4.75. The van der Waals surface area contributed by atoms with Gasteiger partial charge in [-0.05, 0) is 20.8 Å². The molecule has 0 spiro atoms. The molecule has 0 aromatic heterocycles. The molecule has 1 amide bonds. The number of nitrogens with zero attached hydrogens (tertiary/aromatic N) is 2. The number of carbonyl (C=O) groups excluding carboxylic acids is 1. The molecule has 1 aliphatic heterocycles. The SMILES string of the molecule is CCN1CC(C)N(C(C)CN)CC1=O. The van der Waals surface area contributed by atoms with Gasteiger partial charge in [0, 0.05) is 31.7 Å². The van der Waals surface area contributed by atoms with Gasteiger partial charge in [0.25, 0.3) is 0 Å². The zero-order valence-electron chi connectivity index (χ0n) is 9.36. The largest absolute Gasteiger partial charge is 0.340 e. The van der Waals surface area contributed by atoms with Crippen molar-refractivity contribution in [1.82, 2.24) is 9.80 Å². The van der Waals surface area contributed by atoms with E-state index in [0.717, 1.165) is 13.1 Å². The van der Waals surface area contributed by atoms with Gasteiger partial charge in [-0.2, -0.15) is 0 Å². The zero-order chi connectivity index (χ0) is 10.7. The van der Waals surface area contributed by atoms with Crippen molar-refractivity contribution in [2.75, 3.05) is 26.2 Å². The monoisotopic (exact) mass is 199 g/mol. The Bertz CT molecular complexity index is 208. The Balaban J connectivity index is 2.61. The molecule has 14 heavy (non-hydrogen) atoms. The summed E-state index contributed by atoms with van der Waals surface area (Å²) in [7, 11) is 0. The third kappa shape index (κ3) is 2.25. The van der Waals surface area contributed by atoms with Crippen LogP contribution in [-0.2, 0) is 4.79 Å². The van der Waals surface area contributed by atoms with Gasteiger partial charge in [-0.3, -0.25) is 9.69 Å². The molecule has 2 atom stereocenters. The number of nitrogens with two attached hydrogens (primary N) is 1. The lowest BCUT2D eigenvalue weighted by molar-refractivity contribution is -0.139. The average molecular weight is 199 g/mol. The lowest BCUT2D eigenvalue weighted by Gasteiger charge is -2.41. The summed E-state index contributed by atoms with van der Waals surface area (Å²) in [5, 5.41) is 0. The van der Waals surface area contributed by atoms with Gasteiger partial charge in [-0.15, -0.1) is 0 Å². The summed E-state index contributed by atoms with van der Waals surface area (Å²) >= 11 is 0. The summed E-state index contributed by atoms with van der Waals surface area (Å²) in [5.41, 5.74) is 5.61. The smallest absolute Gasteiger partial charge is 0.236 e. The van der Waals surface area contributed by atoms with Crippen LogP contribution in [0, 0.1) is 0 Å². The maximum atomic E-state index is 11.6. The van der Waals surface area contributed by atoms with Crippen LogP contribution in [0.5, 0.6) is 0 Å². The Morgan fingerprint density at radius 2 is 2.29 bits per heavy atom. The van der Waals surface area contributed by atoms with Gasteiger partial charge in [-0.1, -0.05) is 0 Å². The van der Waals surface area contributed by atoms with Crippen molar-refractivity contribution in [3.8, 4) is 0 Å². The van der Waals surface area contributed by atoms with Gasteiger partial charge in [0.05, 0.1) is 6.54 Å². The van der Waals surface area contributed by atoms with E-state index in [1.807, 2.05) is 11.8 Å². The number of hydrogen-bond acceptors (Lipinski definition) is 3. The highest BCUT2D eigenvalue weighted by atomic mass is 16.2. The molecule has 1 saturated heterocycles. The molecule has 2 unspecified atom stereocenters. The Kier molecular flexibility index (Phi) is 3.89. The van der Waals surface area contributed by atoms with Crippen molar-refractivity contribution in [2.24, 2.45) is 5.73 Å². The minimum Gasteiger partial charge on any atom is -0.340 e. The lowest BCUT2D eigenvalue weighted by Crippen LogP contribution is -2.58. The lowest BCUT2D eigenvalue weighted by atomic mass is 10.1. The van der Waals surface area contributed by atoms with Crippen molar-refractivity contribution < 1.29 is 4.79 Å². The normalized spacial score (nSPS) is 26.7. The first-order valence-corrected chi connectivity index (χ1v) is 5.33. The van der Waals surface area contributed by atoms with Crippen LogP contribution in [0.15, 0.2) is 0 Å². The van der Waals surface area contributed by atoms with Gasteiger partial charge in [0.2, 0.25) is 5.91 Å². The third-order valence-electron chi connectivity index (χ3n) is 3.01. The molecular weight excluding hydrogens is 178 g/mol. The summed E-state index contributed by atoms with van der Waals surface area (Å²) in [6.45, 7) is 9.03. The quantitative estimate of drug-likeness (QED) is 0.690. The predicted molar refractivity (Wildman–Crippen MR) is 56.9 cm³/mol. The Hall–Kier alpha value is -0.610. The first-order valence-electron chi connectivity index (χ1n) is 5.33. The predicted octanol–water partition coefficient (Wildman–Crippen LogP) is -0.114. The average Bonchev–Trinajstić information content (AvgIpc) is 2.19. The molecule has 2 N–H and O–H groups in total. The van der Waals surface area contributed by atoms with E-state index < -0.39 is 0 Å². The molecule has 82 valence electrons. The summed E-state index contributed by atoms with van der Waals surface area (Å²) in [6.07, 6.45) is 0. The summed E-state index contributed by atoms with van der Waals surface area (Å²) in [5.74, 6) is 0.228. The van der Waals surface area contributed by atoms with E-state index >= 15 is 0 Å². The number of carbonyl (C=O) groups is 1. The van der Waals surface area contributed by atoms with Gasteiger partial charge in [0.1, 0.15) is 0 Å². The first-order chi connectivity index (χ1) is 6.60. The molecule has 0 aromatic rings. The van der Waals surface area contributed by atoms with Crippen LogP contribution >= 0.6 is 0 Å². The van der Waals surface area contributed by atoms with Crippen molar-refractivity contribution in [1.29, 1.82) is 0 Å². The second-order valence-electron chi connectivity index (χ2n) is 4.04. The minimum absolute atomic E-state index is 0.228. The molecule has 4 heteroatoms. The van der Waals surface area contributed by atoms with Crippen molar-refractivity contribution in [2.45, 2.75) is 32.9 Å². The van der Waals surface area contributed by atoms with Gasteiger partial charge in [-0.25, -0.2) is 0 Å². The molecule has 0 aromatic carbocycles. The highest BCUT2D eigenvalue weighted by Gasteiger charge is 2.30. The van der Waals surface area contributed by atoms with Crippen molar-refractivity contribution >= 4 is 5.91 Å². The van der Waals surface area contributed by atoms with E-state index in [1.54, 1.807) is 0 Å². The molecule has 0 aliphatic carbocycles. The second-order valence-corrected chi connectivity index (χ2v) is 4.04. The molecule has 0 radical (unpaired) electrons. The number of piperazine rings is 1. The van der Waals surface area contributed by atoms with Crippen LogP contribution in [-0.4, -0.2) is 54.0 Å². The first kappa shape index (κ1) is 11.5. The molecular formula is C10H21N3O. The van der Waals surface area contributed by atoms with E-state index in [-0.39, 0.29) is 5.91 Å². The Morgan fingerprint density at radius 1 is 1.64 bits per heavy atom. The number of rotatable bonds is 3. The molecule has 1 fully saturated rings. The van der Waals surface area contributed by atoms with Gasteiger partial charge >= 0.3 is 0 Å². The van der Waals surface area contributed by atoms with Crippen LogP contribution in [0.3, 0.4) is 0 Å². The number of likely N-dealkylation sites (N-methyl/N-ethyl adjacent to an activating group) is 1. The van der Waals surface area contributed by atoms with Crippen LogP contribution in [0.4, 0.5) is 0 Å². The summed E-state index contributed by atoms with van der Waals surface area (Å²) in [4.78, 5) is 15.7. The van der Waals surface area contributed by atoms with Crippen LogP contribution in [0.25, 0.3) is 0 Å². The maximum Gasteiger partial charge on any atom is 0.236 e. The van der Waals surface area contributed by atoms with Gasteiger partial charge in [0.15, 0.2) is 0 Å². The number of amides is 1. The molecule has 0 bridgehead atoms. The summed E-state index contributed by atoms with van der Waals surface area (Å²) in [6, 6.07) is 0.721. The van der Waals surface area contributed by atoms with E-state index in [9.17, 15) is 4.79 Å². The van der Waals surface area contributed by atoms with Crippen LogP contribution in [0.2, 0.25) is 0 Å². The van der Waals surface area contributed by atoms with Crippen molar-refractivity contribution in [3.63, 3.8) is 0 Å².